The summed E-state index contributed by atoms with van der Waals surface area (Å²) in [5.41, 5.74) is 0. The van der Waals surface area contributed by atoms with Crippen molar-refractivity contribution in [2.45, 2.75) is 20.1 Å². The molecule has 0 fully saturated rings. The Morgan fingerprint density at radius 2 is 2.33 bits per heavy atom. The maximum absolute atomic E-state index is 10.1. The lowest BCUT2D eigenvalue weighted by molar-refractivity contribution is -1.27. The molecule has 4 nitrogen and oxygen atoms in total. The molecule has 0 spiro atoms. The van der Waals surface area contributed by atoms with Gasteiger partial charge in [-0.3, -0.25) is 4.79 Å². The predicted octanol–water partition coefficient (Wildman–Crippen LogP) is -0.813. The molecule has 0 amide bonds. The summed E-state index contributed by atoms with van der Waals surface area (Å²) in [6, 6.07) is 0. The first-order valence-electron chi connectivity index (χ1n) is 2.27. The first kappa shape index (κ1) is 8.87. The molecule has 0 N–H and O–H groups in total. The van der Waals surface area contributed by atoms with E-state index in [1.54, 1.807) is 0 Å². The van der Waals surface area contributed by atoms with E-state index in [0.717, 1.165) is 0 Å². The monoisotopic (exact) mass is 198 g/mol. The minimum absolute atomic E-state index is 0.443. The van der Waals surface area contributed by atoms with Gasteiger partial charge in [0.15, 0.2) is 0 Å². The molecule has 0 aliphatic rings. The summed E-state index contributed by atoms with van der Waals surface area (Å²) in [5.74, 6) is -0.443. The highest BCUT2D eigenvalue weighted by Gasteiger charge is 2.09. The fourth-order valence-electron chi connectivity index (χ4n) is 0.303. The van der Waals surface area contributed by atoms with Gasteiger partial charge < -0.3 is 8.93 Å². The molecule has 0 bridgehead atoms. The zero-order chi connectivity index (χ0) is 7.28. The molecule has 0 heterocycles. The highest BCUT2D eigenvalue weighted by molar-refractivity contribution is 5.65. The zero-order valence-electron chi connectivity index (χ0n) is 5.09. The van der Waals surface area contributed by atoms with E-state index in [-0.39, 0.29) is 0 Å². The van der Waals surface area contributed by atoms with Crippen molar-refractivity contribution < 1.29 is 33.1 Å². The van der Waals surface area contributed by atoms with Crippen LogP contribution in [0.25, 0.3) is 0 Å². The van der Waals surface area contributed by atoms with E-state index >= 15 is 0 Å². The number of carbonyl (C=O) groups is 1. The largest absolute Gasteiger partial charge is 0.550 e. The standard InChI is InChI=1S/C4H7BrO4/c1-3(6)8-4(2)9-5-7/h4H,1-2H3. The lowest BCUT2D eigenvalue weighted by Crippen LogP contribution is -2.18. The third-order valence-corrected chi connectivity index (χ3v) is 1.17. The summed E-state index contributed by atoms with van der Waals surface area (Å²) in [6.45, 7) is 2.75. The molecule has 0 aromatic carbocycles. The number of hydrogen-bond acceptors (Lipinski definition) is 4. The average molecular weight is 199 g/mol. The zero-order valence-corrected chi connectivity index (χ0v) is 6.67. The van der Waals surface area contributed by atoms with Crippen molar-refractivity contribution in [3.05, 3.63) is 0 Å². The summed E-state index contributed by atoms with van der Waals surface area (Å²) >= 11 is -0.915. The molecule has 0 saturated carbocycles. The summed E-state index contributed by atoms with van der Waals surface area (Å²) < 4.78 is 18.6. The van der Waals surface area contributed by atoms with Gasteiger partial charge in [0.05, 0.1) is 0 Å². The van der Waals surface area contributed by atoms with E-state index in [9.17, 15) is 8.99 Å². The molecular weight excluding hydrogens is 192 g/mol. The van der Waals surface area contributed by atoms with Crippen LogP contribution in [0.3, 0.4) is 0 Å². The summed E-state index contributed by atoms with van der Waals surface area (Å²) in [4.78, 5) is 10.1. The molecule has 1 atom stereocenters. The maximum atomic E-state index is 10.1. The van der Waals surface area contributed by atoms with Crippen LogP contribution in [0.5, 0.6) is 0 Å². The van der Waals surface area contributed by atoms with Crippen LogP contribution in [0, 0.1) is 15.5 Å². The molecule has 0 radical (unpaired) electrons. The molecule has 0 aliphatic heterocycles. The fourth-order valence-corrected chi connectivity index (χ4v) is 0.594. The van der Waals surface area contributed by atoms with Gasteiger partial charge in [0.2, 0.25) is 0 Å². The molecule has 54 valence electrons. The summed E-state index contributed by atoms with van der Waals surface area (Å²) in [7, 11) is 0. The molecule has 9 heavy (non-hydrogen) atoms. The third-order valence-electron chi connectivity index (χ3n) is 0.494. The number of hydrogen-bond donors (Lipinski definition) is 0. The third kappa shape index (κ3) is 5.75. The van der Waals surface area contributed by atoms with Crippen LogP contribution in [0.15, 0.2) is 0 Å². The topological polar surface area (TPSA) is 58.6 Å². The molecule has 5 heteroatoms. The van der Waals surface area contributed by atoms with E-state index < -0.39 is 27.8 Å². The Labute approximate surface area is 59.9 Å². The van der Waals surface area contributed by atoms with Crippen molar-refractivity contribution in [2.24, 2.45) is 0 Å². The van der Waals surface area contributed by atoms with Gasteiger partial charge in [-0.05, 0) is 0 Å². The normalized spacial score (nSPS) is 12.8. The second kappa shape index (κ2) is 4.72. The maximum Gasteiger partial charge on any atom is 0.424 e. The van der Waals surface area contributed by atoms with Gasteiger partial charge in [-0.1, -0.05) is 3.83 Å². The van der Waals surface area contributed by atoms with Crippen molar-refractivity contribution in [3.8, 4) is 0 Å². The average Bonchev–Trinajstić information content (AvgIpc) is 1.63. The van der Waals surface area contributed by atoms with Crippen molar-refractivity contribution in [2.75, 3.05) is 0 Å². The second-order valence-electron chi connectivity index (χ2n) is 1.33. The van der Waals surface area contributed by atoms with Crippen LogP contribution < -0.4 is 4.20 Å². The van der Waals surface area contributed by atoms with E-state index in [1.807, 2.05) is 0 Å². The minimum atomic E-state index is -0.915. The Morgan fingerprint density at radius 1 is 1.78 bits per heavy atom. The lowest BCUT2D eigenvalue weighted by atomic mass is 10.7. The van der Waals surface area contributed by atoms with Crippen molar-refractivity contribution in [3.63, 3.8) is 0 Å². The predicted molar refractivity (Wildman–Crippen MR) is 22.3 cm³/mol. The number of esters is 1. The molecular formula is C4H7BrO4. The van der Waals surface area contributed by atoms with E-state index in [0.29, 0.717) is 0 Å². The van der Waals surface area contributed by atoms with Crippen molar-refractivity contribution in [1.29, 1.82) is 0 Å². The van der Waals surface area contributed by atoms with Crippen LogP contribution >= 0.6 is 0 Å². The molecule has 0 saturated heterocycles. The van der Waals surface area contributed by atoms with Gasteiger partial charge in [0.1, 0.15) is 0 Å². The Balaban J connectivity index is 3.26. The van der Waals surface area contributed by atoms with Gasteiger partial charge in [-0.25, -0.2) is 0 Å². The molecule has 0 aromatic heterocycles. The molecule has 0 rings (SSSR count). The van der Waals surface area contributed by atoms with Crippen LogP contribution in [-0.4, -0.2) is 12.3 Å². The lowest BCUT2D eigenvalue weighted by Gasteiger charge is -2.02. The molecule has 0 aromatic rings. The van der Waals surface area contributed by atoms with Gasteiger partial charge in [0.25, 0.3) is 6.29 Å². The highest BCUT2D eigenvalue weighted by Crippen LogP contribution is 1.91. The number of rotatable bonds is 3. The Bertz CT molecular complexity index is 94.6. The first-order chi connectivity index (χ1) is 4.16. The SMILES string of the molecule is CC(=O)OC(C)O[Br+][O-]. The van der Waals surface area contributed by atoms with Gasteiger partial charge >= 0.3 is 21.5 Å². The van der Waals surface area contributed by atoms with Crippen LogP contribution in [0.4, 0.5) is 0 Å². The Morgan fingerprint density at radius 3 is 2.67 bits per heavy atom. The Kier molecular flexibility index (Phi) is 4.65. The smallest absolute Gasteiger partial charge is 0.424 e. The molecule has 0 aliphatic carbocycles. The number of halogens is 1. The number of carbonyl (C=O) groups excluding carboxylic acids is 1. The van der Waals surface area contributed by atoms with Gasteiger partial charge in [0, 0.05) is 13.8 Å². The van der Waals surface area contributed by atoms with E-state index in [1.165, 1.54) is 13.8 Å². The number of ether oxygens (including phenoxy) is 1. The fraction of sp³-hybridized carbons (Fsp3) is 0.750. The Hall–Kier alpha value is -0.130. The van der Waals surface area contributed by atoms with E-state index in [2.05, 4.69) is 8.57 Å². The highest BCUT2D eigenvalue weighted by atomic mass is 79.9. The molecule has 1 unspecified atom stereocenters. The van der Waals surface area contributed by atoms with Gasteiger partial charge in [-0.15, -0.1) is 0 Å². The first-order valence-corrected chi connectivity index (χ1v) is 3.56. The van der Waals surface area contributed by atoms with Crippen molar-refractivity contribution in [1.82, 2.24) is 0 Å². The summed E-state index contributed by atoms with van der Waals surface area (Å²) in [6.07, 6.45) is -0.708. The van der Waals surface area contributed by atoms with Gasteiger partial charge in [-0.2, -0.15) is 0 Å². The summed E-state index contributed by atoms with van der Waals surface area (Å²) in [5, 5.41) is 0. The second-order valence-corrected chi connectivity index (χ2v) is 1.97. The van der Waals surface area contributed by atoms with Crippen LogP contribution in [-0.2, 0) is 13.4 Å². The minimum Gasteiger partial charge on any atom is -0.550 e. The van der Waals surface area contributed by atoms with E-state index in [4.69, 9.17) is 0 Å². The van der Waals surface area contributed by atoms with Crippen LogP contribution in [0.2, 0.25) is 0 Å². The quantitative estimate of drug-likeness (QED) is 0.440. The van der Waals surface area contributed by atoms with Crippen LogP contribution in [0.1, 0.15) is 13.8 Å². The van der Waals surface area contributed by atoms with Crippen molar-refractivity contribution >= 4 is 5.97 Å².